The molecule has 0 radical (unpaired) electrons. The summed E-state index contributed by atoms with van der Waals surface area (Å²) in [7, 11) is 3.24. The predicted molar refractivity (Wildman–Crippen MR) is 102 cm³/mol. The second kappa shape index (κ2) is 8.57. The Hall–Kier alpha value is -2.65. The molecule has 2 fully saturated rings. The number of methoxy groups -OCH3 is 1. The zero-order valence-electron chi connectivity index (χ0n) is 16.2. The summed E-state index contributed by atoms with van der Waals surface area (Å²) in [6.45, 7) is 1.81. The largest absolute Gasteiger partial charge is 0.497 e. The predicted octanol–water partition coefficient (Wildman–Crippen LogP) is 0.0737. The van der Waals surface area contributed by atoms with E-state index in [0.29, 0.717) is 24.3 Å². The first kappa shape index (κ1) is 20.1. The first-order chi connectivity index (χ1) is 13.4. The van der Waals surface area contributed by atoms with E-state index in [1.807, 2.05) is 0 Å². The topological polar surface area (TPSA) is 109 Å². The van der Waals surface area contributed by atoms with Crippen LogP contribution in [0.4, 0.5) is 5.69 Å². The fourth-order valence-electron chi connectivity index (χ4n) is 3.39. The number of carbonyl (C=O) groups excluding carboxylic acids is 3. The number of rotatable bonds is 6. The van der Waals surface area contributed by atoms with Crippen LogP contribution in [0.1, 0.15) is 19.8 Å². The van der Waals surface area contributed by atoms with Gasteiger partial charge in [-0.2, -0.15) is 0 Å². The van der Waals surface area contributed by atoms with Crippen molar-refractivity contribution in [2.45, 2.75) is 44.1 Å². The third kappa shape index (κ3) is 4.10. The van der Waals surface area contributed by atoms with Gasteiger partial charge in [-0.25, -0.2) is 0 Å². The summed E-state index contributed by atoms with van der Waals surface area (Å²) in [4.78, 5) is 39.2. The highest BCUT2D eigenvalue weighted by Gasteiger charge is 2.47. The Labute approximate surface area is 163 Å². The van der Waals surface area contributed by atoms with Crippen LogP contribution < -0.4 is 20.7 Å². The average Bonchev–Trinajstić information content (AvgIpc) is 3.15. The monoisotopic (exact) mass is 390 g/mol. The summed E-state index contributed by atoms with van der Waals surface area (Å²) in [5.41, 5.74) is 0.618. The lowest BCUT2D eigenvalue weighted by Crippen LogP contribution is -2.62. The van der Waals surface area contributed by atoms with E-state index in [4.69, 9.17) is 9.47 Å². The van der Waals surface area contributed by atoms with Gasteiger partial charge < -0.3 is 30.3 Å². The van der Waals surface area contributed by atoms with Gasteiger partial charge in [0.25, 0.3) is 0 Å². The number of carbonyl (C=O) groups is 3. The highest BCUT2D eigenvalue weighted by molar-refractivity contribution is 5.99. The molecule has 4 atom stereocenters. The first-order valence-electron chi connectivity index (χ1n) is 9.31. The molecule has 28 heavy (non-hydrogen) atoms. The normalized spacial score (nSPS) is 25.0. The standard InChI is InChI=1S/C19H26N4O5/c1-11(20-2)17(24)22-14-10-28-16-9-8-15(23(16)19(14)26)18(25)21-12-4-6-13(27-3)7-5-12/h4-7,11,14-16,20H,8-10H2,1-3H3,(H,21,25)(H,22,24)/t11-,14-,15?,16-/m0/s1. The van der Waals surface area contributed by atoms with Gasteiger partial charge >= 0.3 is 0 Å². The van der Waals surface area contributed by atoms with Crippen molar-refractivity contribution >= 4 is 23.4 Å². The number of ether oxygens (including phenoxy) is 2. The molecule has 9 heteroatoms. The molecule has 0 spiro atoms. The van der Waals surface area contributed by atoms with Crippen molar-refractivity contribution in [1.29, 1.82) is 0 Å². The fraction of sp³-hybridized carbons (Fsp3) is 0.526. The Kier molecular flexibility index (Phi) is 6.15. The number of amides is 3. The summed E-state index contributed by atoms with van der Waals surface area (Å²) >= 11 is 0. The van der Waals surface area contributed by atoms with Gasteiger partial charge in [-0.15, -0.1) is 0 Å². The number of likely N-dealkylation sites (N-methyl/N-ethyl adjacent to an activating group) is 1. The SMILES string of the molecule is CN[C@@H](C)C(=O)N[C@H]1CO[C@H]2CCC(C(=O)Nc3ccc(OC)cc3)N2C1=O. The van der Waals surface area contributed by atoms with Crippen molar-refractivity contribution in [3.05, 3.63) is 24.3 Å². The summed E-state index contributed by atoms with van der Waals surface area (Å²) in [5, 5.41) is 8.35. The molecule has 152 valence electrons. The molecule has 0 aliphatic carbocycles. The smallest absolute Gasteiger partial charge is 0.250 e. The molecular weight excluding hydrogens is 364 g/mol. The molecule has 9 nitrogen and oxygen atoms in total. The number of nitrogens with one attached hydrogen (secondary N) is 3. The summed E-state index contributed by atoms with van der Waals surface area (Å²) in [5.74, 6) is -0.172. The van der Waals surface area contributed by atoms with Crippen LogP contribution in [0.25, 0.3) is 0 Å². The van der Waals surface area contributed by atoms with Crippen molar-refractivity contribution < 1.29 is 23.9 Å². The molecule has 2 saturated heterocycles. The van der Waals surface area contributed by atoms with Crippen LogP contribution >= 0.6 is 0 Å². The van der Waals surface area contributed by atoms with Gasteiger partial charge in [-0.05, 0) is 51.1 Å². The van der Waals surface area contributed by atoms with Crippen LogP contribution in [-0.2, 0) is 19.1 Å². The Morgan fingerprint density at radius 1 is 1.25 bits per heavy atom. The number of hydrogen-bond donors (Lipinski definition) is 3. The Balaban J connectivity index is 1.66. The molecule has 1 aromatic rings. The highest BCUT2D eigenvalue weighted by atomic mass is 16.5. The van der Waals surface area contributed by atoms with E-state index in [1.165, 1.54) is 4.90 Å². The molecule has 1 aromatic carbocycles. The molecule has 0 bridgehead atoms. The second-order valence-corrected chi connectivity index (χ2v) is 6.92. The third-order valence-electron chi connectivity index (χ3n) is 5.14. The Morgan fingerprint density at radius 2 is 1.96 bits per heavy atom. The van der Waals surface area contributed by atoms with Gasteiger partial charge in [-0.1, -0.05) is 0 Å². The minimum atomic E-state index is -0.797. The Bertz CT molecular complexity index is 738. The maximum absolute atomic E-state index is 12.9. The molecule has 2 aliphatic heterocycles. The summed E-state index contributed by atoms with van der Waals surface area (Å²) in [6.07, 6.45) is 0.653. The van der Waals surface area contributed by atoms with E-state index in [2.05, 4.69) is 16.0 Å². The molecule has 2 heterocycles. The van der Waals surface area contributed by atoms with Crippen molar-refractivity contribution in [2.75, 3.05) is 26.1 Å². The van der Waals surface area contributed by atoms with Crippen molar-refractivity contribution in [2.24, 2.45) is 0 Å². The van der Waals surface area contributed by atoms with Crippen molar-refractivity contribution in [3.8, 4) is 5.75 Å². The maximum atomic E-state index is 12.9. The van der Waals surface area contributed by atoms with E-state index < -0.39 is 24.4 Å². The maximum Gasteiger partial charge on any atom is 0.250 e. The fourth-order valence-corrected chi connectivity index (χ4v) is 3.39. The van der Waals surface area contributed by atoms with E-state index in [0.717, 1.165) is 0 Å². The molecule has 3 amide bonds. The number of hydrogen-bond acceptors (Lipinski definition) is 6. The van der Waals surface area contributed by atoms with Crippen LogP contribution in [0.5, 0.6) is 5.75 Å². The molecular formula is C19H26N4O5. The molecule has 3 rings (SSSR count). The minimum absolute atomic E-state index is 0.106. The number of nitrogens with zero attached hydrogens (tertiary/aromatic N) is 1. The van der Waals surface area contributed by atoms with Crippen LogP contribution in [0.3, 0.4) is 0 Å². The first-order valence-corrected chi connectivity index (χ1v) is 9.31. The lowest BCUT2D eigenvalue weighted by molar-refractivity contribution is -0.166. The lowest BCUT2D eigenvalue weighted by atomic mass is 10.1. The zero-order chi connectivity index (χ0) is 20.3. The Morgan fingerprint density at radius 3 is 2.61 bits per heavy atom. The summed E-state index contributed by atoms with van der Waals surface area (Å²) in [6, 6.07) is 5.10. The quantitative estimate of drug-likeness (QED) is 0.635. The molecule has 3 N–H and O–H groups in total. The van der Waals surface area contributed by atoms with E-state index in [9.17, 15) is 14.4 Å². The van der Waals surface area contributed by atoms with Gasteiger partial charge in [0.2, 0.25) is 17.7 Å². The van der Waals surface area contributed by atoms with Crippen molar-refractivity contribution in [3.63, 3.8) is 0 Å². The minimum Gasteiger partial charge on any atom is -0.497 e. The van der Waals surface area contributed by atoms with Gasteiger partial charge in [0.15, 0.2) is 0 Å². The molecule has 1 unspecified atom stereocenters. The van der Waals surface area contributed by atoms with E-state index in [1.54, 1.807) is 45.3 Å². The molecule has 2 aliphatic rings. The number of anilines is 1. The van der Waals surface area contributed by atoms with Gasteiger partial charge in [0.05, 0.1) is 19.8 Å². The highest BCUT2D eigenvalue weighted by Crippen LogP contribution is 2.30. The van der Waals surface area contributed by atoms with E-state index in [-0.39, 0.29) is 24.3 Å². The van der Waals surface area contributed by atoms with Crippen LogP contribution in [-0.4, -0.2) is 67.7 Å². The number of fused-ring (bicyclic) bond motifs is 1. The third-order valence-corrected chi connectivity index (χ3v) is 5.14. The zero-order valence-corrected chi connectivity index (χ0v) is 16.2. The van der Waals surface area contributed by atoms with Gasteiger partial charge in [-0.3, -0.25) is 14.4 Å². The van der Waals surface area contributed by atoms with Gasteiger partial charge in [0.1, 0.15) is 24.1 Å². The summed E-state index contributed by atoms with van der Waals surface area (Å²) < 4.78 is 10.8. The number of benzene rings is 1. The average molecular weight is 390 g/mol. The van der Waals surface area contributed by atoms with E-state index >= 15 is 0 Å². The van der Waals surface area contributed by atoms with Crippen LogP contribution in [0, 0.1) is 0 Å². The molecule has 0 saturated carbocycles. The van der Waals surface area contributed by atoms with Crippen molar-refractivity contribution in [1.82, 2.24) is 15.5 Å². The second-order valence-electron chi connectivity index (χ2n) is 6.92. The molecule has 0 aromatic heterocycles. The lowest BCUT2D eigenvalue weighted by Gasteiger charge is -2.37. The van der Waals surface area contributed by atoms with Crippen LogP contribution in [0.2, 0.25) is 0 Å². The van der Waals surface area contributed by atoms with Crippen LogP contribution in [0.15, 0.2) is 24.3 Å². The van der Waals surface area contributed by atoms with Gasteiger partial charge in [0, 0.05) is 5.69 Å².